The van der Waals surface area contributed by atoms with Crippen molar-refractivity contribution in [1.82, 2.24) is 9.55 Å². The number of aliphatic hydroxyl groups excluding tert-OH is 1. The fourth-order valence-corrected chi connectivity index (χ4v) is 3.93. The summed E-state index contributed by atoms with van der Waals surface area (Å²) in [6.45, 7) is 3.94. The minimum atomic E-state index is -1.79. The van der Waals surface area contributed by atoms with Gasteiger partial charge in [-0.3, -0.25) is 4.79 Å². The SMILES string of the molecule is CCC1(O)C(=O)OCc2c1cc1n(c2=O)Cc2cc3ccccc3nc2-1.CCO. The zero-order valence-corrected chi connectivity index (χ0v) is 16.3. The lowest BCUT2D eigenvalue weighted by atomic mass is 9.86. The molecule has 0 radical (unpaired) electrons. The molecule has 2 aliphatic rings. The number of hydrogen-bond acceptors (Lipinski definition) is 6. The van der Waals surface area contributed by atoms with Gasteiger partial charge >= 0.3 is 5.97 Å². The number of hydrogen-bond donors (Lipinski definition) is 2. The molecule has 2 N–H and O–H groups in total. The molecule has 2 aromatic heterocycles. The van der Waals surface area contributed by atoms with Crippen molar-refractivity contribution in [2.24, 2.45) is 0 Å². The molecule has 0 saturated carbocycles. The highest BCUT2D eigenvalue weighted by Crippen LogP contribution is 2.38. The summed E-state index contributed by atoms with van der Waals surface area (Å²) in [5.74, 6) is -0.707. The normalized spacial score (nSPS) is 19.0. The van der Waals surface area contributed by atoms with Crippen LogP contribution in [0.3, 0.4) is 0 Å². The van der Waals surface area contributed by atoms with Crippen LogP contribution in [-0.2, 0) is 28.3 Å². The summed E-state index contributed by atoms with van der Waals surface area (Å²) >= 11 is 0. The highest BCUT2D eigenvalue weighted by Gasteiger charge is 2.45. The Balaban J connectivity index is 0.000000645. The fraction of sp³-hybridized carbons (Fsp3) is 0.318. The van der Waals surface area contributed by atoms with E-state index >= 15 is 0 Å². The first kappa shape index (κ1) is 19.3. The van der Waals surface area contributed by atoms with Gasteiger partial charge in [0, 0.05) is 23.1 Å². The molecule has 0 fully saturated rings. The van der Waals surface area contributed by atoms with E-state index in [0.717, 1.165) is 22.2 Å². The summed E-state index contributed by atoms with van der Waals surface area (Å²) in [5.41, 5.74) is 1.81. The van der Waals surface area contributed by atoms with Crippen LogP contribution >= 0.6 is 0 Å². The zero-order chi connectivity index (χ0) is 20.8. The van der Waals surface area contributed by atoms with Crippen molar-refractivity contribution in [1.29, 1.82) is 0 Å². The molecule has 1 unspecified atom stereocenters. The predicted octanol–water partition coefficient (Wildman–Crippen LogP) is 2.08. The molecule has 29 heavy (non-hydrogen) atoms. The van der Waals surface area contributed by atoms with Gasteiger partial charge in [0.15, 0.2) is 5.60 Å². The van der Waals surface area contributed by atoms with Gasteiger partial charge in [0.2, 0.25) is 0 Å². The number of nitrogens with zero attached hydrogens (tertiary/aromatic N) is 2. The van der Waals surface area contributed by atoms with Crippen LogP contribution in [-0.4, -0.2) is 32.3 Å². The van der Waals surface area contributed by atoms with E-state index in [4.69, 9.17) is 14.8 Å². The van der Waals surface area contributed by atoms with Gasteiger partial charge in [-0.25, -0.2) is 9.78 Å². The number of para-hydroxylation sites is 1. The lowest BCUT2D eigenvalue weighted by molar-refractivity contribution is -0.172. The van der Waals surface area contributed by atoms with Gasteiger partial charge in [-0.2, -0.15) is 0 Å². The van der Waals surface area contributed by atoms with Gasteiger partial charge in [0.25, 0.3) is 5.56 Å². The third-order valence-electron chi connectivity index (χ3n) is 5.42. The Bertz CT molecular complexity index is 1180. The van der Waals surface area contributed by atoms with Crippen molar-refractivity contribution in [3.8, 4) is 11.4 Å². The van der Waals surface area contributed by atoms with Gasteiger partial charge in [0.1, 0.15) is 6.61 Å². The summed E-state index contributed by atoms with van der Waals surface area (Å²) in [6, 6.07) is 11.6. The maximum absolute atomic E-state index is 13.0. The van der Waals surface area contributed by atoms with Gasteiger partial charge < -0.3 is 19.5 Å². The summed E-state index contributed by atoms with van der Waals surface area (Å²) in [5, 5.41) is 19.4. The van der Waals surface area contributed by atoms with Gasteiger partial charge in [-0.05, 0) is 31.5 Å². The Labute approximate surface area is 167 Å². The van der Waals surface area contributed by atoms with Crippen LogP contribution in [0, 0.1) is 0 Å². The Hall–Kier alpha value is -3.03. The molecule has 1 aromatic carbocycles. The lowest BCUT2D eigenvalue weighted by Gasteiger charge is -2.31. The smallest absolute Gasteiger partial charge is 0.343 e. The van der Waals surface area contributed by atoms with E-state index in [1.165, 1.54) is 0 Å². The van der Waals surface area contributed by atoms with E-state index in [9.17, 15) is 14.7 Å². The van der Waals surface area contributed by atoms with Crippen LogP contribution in [0.2, 0.25) is 0 Å². The Morgan fingerprint density at radius 1 is 1.21 bits per heavy atom. The Morgan fingerprint density at radius 3 is 2.66 bits per heavy atom. The molecule has 0 saturated heterocycles. The second kappa shape index (κ2) is 7.09. The van der Waals surface area contributed by atoms with Crippen molar-refractivity contribution < 1.29 is 19.7 Å². The van der Waals surface area contributed by atoms with Gasteiger partial charge in [-0.1, -0.05) is 25.1 Å². The second-order valence-electron chi connectivity index (χ2n) is 7.11. The lowest BCUT2D eigenvalue weighted by Crippen LogP contribution is -2.44. The van der Waals surface area contributed by atoms with Crippen LogP contribution in [0.4, 0.5) is 0 Å². The number of fused-ring (bicyclic) bond motifs is 5. The molecule has 7 nitrogen and oxygen atoms in total. The highest BCUT2D eigenvalue weighted by atomic mass is 16.6. The molecule has 1 atom stereocenters. The number of benzene rings is 1. The van der Waals surface area contributed by atoms with E-state index in [1.807, 2.05) is 30.3 Å². The third kappa shape index (κ3) is 2.85. The van der Waals surface area contributed by atoms with Crippen molar-refractivity contribution in [3.05, 3.63) is 63.4 Å². The minimum absolute atomic E-state index is 0.110. The van der Waals surface area contributed by atoms with E-state index in [2.05, 4.69) is 0 Å². The summed E-state index contributed by atoms with van der Waals surface area (Å²) in [7, 11) is 0. The Morgan fingerprint density at radius 2 is 1.93 bits per heavy atom. The fourth-order valence-electron chi connectivity index (χ4n) is 3.93. The van der Waals surface area contributed by atoms with Crippen molar-refractivity contribution in [3.63, 3.8) is 0 Å². The topological polar surface area (TPSA) is 102 Å². The molecule has 5 rings (SSSR count). The molecule has 0 spiro atoms. The van der Waals surface area contributed by atoms with Crippen molar-refractivity contribution >= 4 is 16.9 Å². The molecule has 3 aromatic rings. The number of cyclic esters (lactones) is 1. The van der Waals surface area contributed by atoms with Gasteiger partial charge in [-0.15, -0.1) is 0 Å². The Kier molecular flexibility index (Phi) is 4.72. The standard InChI is InChI=1S/C20H16N2O4.C2H6O/c1-2-20(25)14-8-16-17-12(7-11-5-3-4-6-15(11)21-17)9-22(16)18(23)13(14)10-26-19(20)24;1-2-3/h3-8,25H,2,9-10H2,1H3;3H,2H2,1H3. The molecular weight excluding hydrogens is 372 g/mol. The molecule has 0 amide bonds. The van der Waals surface area contributed by atoms with Crippen molar-refractivity contribution in [2.75, 3.05) is 6.61 Å². The number of aliphatic hydroxyl groups is 2. The maximum Gasteiger partial charge on any atom is 0.343 e. The molecule has 7 heteroatoms. The number of carbonyl (C=O) groups is 1. The van der Waals surface area contributed by atoms with E-state index in [1.54, 1.807) is 24.5 Å². The van der Waals surface area contributed by atoms with Crippen LogP contribution in [0.15, 0.2) is 41.2 Å². The third-order valence-corrected chi connectivity index (χ3v) is 5.42. The minimum Gasteiger partial charge on any atom is -0.458 e. The number of ether oxygens (including phenoxy) is 1. The molecule has 2 aliphatic heterocycles. The summed E-state index contributed by atoms with van der Waals surface area (Å²) in [6.07, 6.45) is 0.139. The first-order chi connectivity index (χ1) is 13.9. The van der Waals surface area contributed by atoms with Gasteiger partial charge in [0.05, 0.1) is 29.0 Å². The number of pyridine rings is 2. The molecule has 4 heterocycles. The quantitative estimate of drug-likeness (QED) is 0.479. The van der Waals surface area contributed by atoms with Crippen LogP contribution in [0.5, 0.6) is 0 Å². The monoisotopic (exact) mass is 394 g/mol. The number of esters is 1. The van der Waals surface area contributed by atoms with Crippen LogP contribution in [0.1, 0.15) is 37.0 Å². The average Bonchev–Trinajstić information content (AvgIpc) is 3.08. The van der Waals surface area contributed by atoms with E-state index in [0.29, 0.717) is 23.4 Å². The molecule has 0 bridgehead atoms. The maximum atomic E-state index is 13.0. The summed E-state index contributed by atoms with van der Waals surface area (Å²) in [4.78, 5) is 29.9. The average molecular weight is 394 g/mol. The largest absolute Gasteiger partial charge is 0.458 e. The zero-order valence-electron chi connectivity index (χ0n) is 16.3. The van der Waals surface area contributed by atoms with E-state index < -0.39 is 11.6 Å². The van der Waals surface area contributed by atoms with Crippen LogP contribution < -0.4 is 5.56 Å². The predicted molar refractivity (Wildman–Crippen MR) is 107 cm³/mol. The summed E-state index contributed by atoms with van der Waals surface area (Å²) < 4.78 is 6.72. The first-order valence-corrected chi connectivity index (χ1v) is 9.61. The number of carbonyl (C=O) groups excluding carboxylic acids is 1. The van der Waals surface area contributed by atoms with Crippen LogP contribution in [0.25, 0.3) is 22.3 Å². The van der Waals surface area contributed by atoms with E-state index in [-0.39, 0.29) is 25.2 Å². The molecule has 150 valence electrons. The molecule has 0 aliphatic carbocycles. The second-order valence-corrected chi connectivity index (χ2v) is 7.11. The highest BCUT2D eigenvalue weighted by molar-refractivity contribution is 5.86. The first-order valence-electron chi connectivity index (χ1n) is 9.61. The molecular formula is C22H22N2O5. The van der Waals surface area contributed by atoms with Crippen molar-refractivity contribution in [2.45, 2.75) is 39.0 Å². The number of rotatable bonds is 1. The number of aromatic nitrogens is 2.